The summed E-state index contributed by atoms with van der Waals surface area (Å²) < 4.78 is 5.60. The molecule has 0 aromatic rings. The zero-order chi connectivity index (χ0) is 23.3. The van der Waals surface area contributed by atoms with Crippen molar-refractivity contribution in [3.8, 4) is 0 Å². The van der Waals surface area contributed by atoms with Crippen molar-refractivity contribution in [3.63, 3.8) is 0 Å². The number of carbonyl (C=O) groups excluding carboxylic acids is 1. The molecule has 3 fully saturated rings. The van der Waals surface area contributed by atoms with Gasteiger partial charge in [-0.05, 0) is 84.9 Å². The van der Waals surface area contributed by atoms with Crippen LogP contribution < -0.4 is 0 Å². The second-order valence-electron chi connectivity index (χ2n) is 12.9. The molecule has 0 aliphatic heterocycles. The van der Waals surface area contributed by atoms with Crippen LogP contribution >= 0.6 is 0 Å². The van der Waals surface area contributed by atoms with Crippen molar-refractivity contribution in [2.45, 2.75) is 112 Å². The van der Waals surface area contributed by atoms with Gasteiger partial charge >= 0.3 is 5.97 Å². The van der Waals surface area contributed by atoms with E-state index < -0.39 is 0 Å². The van der Waals surface area contributed by atoms with Crippen LogP contribution in [0.2, 0.25) is 0 Å². The lowest BCUT2D eigenvalue weighted by atomic mass is 9.50. The number of allylic oxidation sites excluding steroid dienone is 3. The minimum absolute atomic E-state index is 0.0839. The van der Waals surface area contributed by atoms with E-state index in [4.69, 9.17) is 4.74 Å². The highest BCUT2D eigenvalue weighted by molar-refractivity contribution is 5.66. The normalized spacial score (nSPS) is 40.5. The summed E-state index contributed by atoms with van der Waals surface area (Å²) in [5.41, 5.74) is 4.08. The number of fused-ring (bicyclic) bond motifs is 5. The fourth-order valence-corrected chi connectivity index (χ4v) is 8.34. The van der Waals surface area contributed by atoms with Gasteiger partial charge in [-0.25, -0.2) is 0 Å². The number of esters is 1. The number of carbonyl (C=O) groups is 1. The van der Waals surface area contributed by atoms with Gasteiger partial charge < -0.3 is 4.74 Å². The minimum atomic E-state index is -0.131. The van der Waals surface area contributed by atoms with Crippen molar-refractivity contribution >= 4 is 5.97 Å². The lowest BCUT2D eigenvalue weighted by molar-refractivity contribution is -0.148. The van der Waals surface area contributed by atoms with Gasteiger partial charge in [-0.15, -0.1) is 0 Å². The van der Waals surface area contributed by atoms with Crippen LogP contribution in [0.3, 0.4) is 0 Å². The van der Waals surface area contributed by atoms with Crippen molar-refractivity contribution in [1.29, 1.82) is 0 Å². The summed E-state index contributed by atoms with van der Waals surface area (Å²) in [7, 11) is 0. The van der Waals surface area contributed by atoms with E-state index in [9.17, 15) is 4.79 Å². The summed E-state index contributed by atoms with van der Waals surface area (Å²) in [5, 5.41) is 0. The van der Waals surface area contributed by atoms with E-state index in [0.717, 1.165) is 48.9 Å². The van der Waals surface area contributed by atoms with E-state index in [0.29, 0.717) is 11.3 Å². The van der Waals surface area contributed by atoms with Gasteiger partial charge in [-0.3, -0.25) is 4.79 Å². The predicted octanol–water partition coefficient (Wildman–Crippen LogP) is 8.13. The van der Waals surface area contributed by atoms with E-state index >= 15 is 0 Å². The summed E-state index contributed by atoms with van der Waals surface area (Å²) in [6.45, 7) is 16.5. The molecule has 0 bridgehead atoms. The fraction of sp³-hybridized carbons (Fsp3) is 0.833. The summed E-state index contributed by atoms with van der Waals surface area (Å²) in [6, 6.07) is 0. The van der Waals surface area contributed by atoms with Gasteiger partial charge in [0, 0.05) is 13.3 Å². The van der Waals surface area contributed by atoms with E-state index in [1.165, 1.54) is 44.1 Å². The zero-order valence-electron chi connectivity index (χ0n) is 21.9. The molecule has 32 heavy (non-hydrogen) atoms. The molecule has 180 valence electrons. The standard InChI is InChI=1S/C30H48O2/c1-19(2)20(3)8-9-21(4)26-12-13-27-25-11-10-23-18-24(32-22(5)31)14-16-29(23,6)28(25)15-17-30(26,27)7/h10-11,19-21,24,26-28H,8-9,12-18H2,1-7H3/t20?,21-,24-,26?,27?,28?,29-,30+/m0/s1. The summed E-state index contributed by atoms with van der Waals surface area (Å²) in [5.74, 6) is 4.71. The third-order valence-electron chi connectivity index (χ3n) is 10.8. The Morgan fingerprint density at radius 2 is 1.75 bits per heavy atom. The van der Waals surface area contributed by atoms with Gasteiger partial charge in [0.2, 0.25) is 0 Å². The third kappa shape index (κ3) is 4.14. The maximum absolute atomic E-state index is 11.5. The first-order valence-electron chi connectivity index (χ1n) is 13.6. The van der Waals surface area contributed by atoms with E-state index in [2.05, 4.69) is 53.7 Å². The first kappa shape index (κ1) is 24.1. The molecule has 4 aliphatic rings. The molecular formula is C30H48O2. The minimum Gasteiger partial charge on any atom is -0.462 e. The van der Waals surface area contributed by atoms with Crippen molar-refractivity contribution in [1.82, 2.24) is 0 Å². The third-order valence-corrected chi connectivity index (χ3v) is 10.8. The van der Waals surface area contributed by atoms with Crippen LogP contribution in [-0.4, -0.2) is 12.1 Å². The Labute approximate surface area is 197 Å². The predicted molar refractivity (Wildman–Crippen MR) is 133 cm³/mol. The lowest BCUT2D eigenvalue weighted by Gasteiger charge is -2.55. The molecule has 0 amide bonds. The number of rotatable bonds is 6. The molecule has 0 spiro atoms. The number of hydrogen-bond donors (Lipinski definition) is 0. The van der Waals surface area contributed by atoms with Crippen molar-refractivity contribution in [2.75, 3.05) is 0 Å². The molecule has 0 aromatic heterocycles. The van der Waals surface area contributed by atoms with Crippen LogP contribution in [0.25, 0.3) is 0 Å². The van der Waals surface area contributed by atoms with Crippen LogP contribution in [0.4, 0.5) is 0 Å². The Bertz CT molecular complexity index is 776. The molecule has 0 saturated heterocycles. The molecule has 4 rings (SSSR count). The average molecular weight is 441 g/mol. The fourth-order valence-electron chi connectivity index (χ4n) is 8.34. The second-order valence-corrected chi connectivity index (χ2v) is 12.9. The smallest absolute Gasteiger partial charge is 0.302 e. The monoisotopic (exact) mass is 440 g/mol. The quantitative estimate of drug-likeness (QED) is 0.390. The van der Waals surface area contributed by atoms with E-state index in [-0.39, 0.29) is 17.5 Å². The molecule has 3 saturated carbocycles. The first-order valence-corrected chi connectivity index (χ1v) is 13.6. The van der Waals surface area contributed by atoms with Gasteiger partial charge in [-0.1, -0.05) is 77.7 Å². The average Bonchev–Trinajstić information content (AvgIpc) is 3.08. The van der Waals surface area contributed by atoms with Crippen LogP contribution in [0.5, 0.6) is 0 Å². The number of ether oxygens (including phenoxy) is 1. The van der Waals surface area contributed by atoms with Crippen LogP contribution in [0, 0.1) is 46.3 Å². The largest absolute Gasteiger partial charge is 0.462 e. The Kier molecular flexibility index (Phi) is 6.74. The van der Waals surface area contributed by atoms with Gasteiger partial charge in [0.1, 0.15) is 6.10 Å². The molecule has 4 aliphatic carbocycles. The second kappa shape index (κ2) is 8.95. The molecule has 8 atom stereocenters. The van der Waals surface area contributed by atoms with Gasteiger partial charge in [0.25, 0.3) is 0 Å². The molecular weight excluding hydrogens is 392 g/mol. The van der Waals surface area contributed by atoms with Crippen molar-refractivity contribution in [2.24, 2.45) is 46.3 Å². The maximum Gasteiger partial charge on any atom is 0.302 e. The zero-order valence-corrected chi connectivity index (χ0v) is 21.9. The Balaban J connectivity index is 1.50. The molecule has 4 unspecified atom stereocenters. The first-order chi connectivity index (χ1) is 15.1. The number of hydrogen-bond acceptors (Lipinski definition) is 2. The molecule has 0 N–H and O–H groups in total. The van der Waals surface area contributed by atoms with Crippen LogP contribution in [0.1, 0.15) is 106 Å². The molecule has 2 nitrogen and oxygen atoms in total. The summed E-state index contributed by atoms with van der Waals surface area (Å²) in [4.78, 5) is 11.5. The maximum atomic E-state index is 11.5. The highest BCUT2D eigenvalue weighted by Gasteiger charge is 2.57. The van der Waals surface area contributed by atoms with Crippen LogP contribution in [-0.2, 0) is 9.53 Å². The molecule has 2 heteroatoms. The van der Waals surface area contributed by atoms with Gasteiger partial charge in [0.15, 0.2) is 0 Å². The van der Waals surface area contributed by atoms with Crippen molar-refractivity contribution in [3.05, 3.63) is 23.3 Å². The topological polar surface area (TPSA) is 26.3 Å². The van der Waals surface area contributed by atoms with E-state index in [1.54, 1.807) is 12.5 Å². The highest BCUT2D eigenvalue weighted by atomic mass is 16.5. The Morgan fingerprint density at radius 3 is 2.44 bits per heavy atom. The lowest BCUT2D eigenvalue weighted by Crippen LogP contribution is -2.46. The Hall–Kier alpha value is -1.05. The van der Waals surface area contributed by atoms with Gasteiger partial charge in [-0.2, -0.15) is 0 Å². The molecule has 0 heterocycles. The van der Waals surface area contributed by atoms with Crippen molar-refractivity contribution < 1.29 is 9.53 Å². The summed E-state index contributed by atoms with van der Waals surface area (Å²) >= 11 is 0. The SMILES string of the molecule is CC(=O)O[C@H]1CC[C@@]2(C)C(=CC=C3C4CCC([C@@H](C)CCC(C)C(C)C)[C@@]4(C)CCC32)C1. The summed E-state index contributed by atoms with van der Waals surface area (Å²) in [6.07, 6.45) is 16.5. The molecule has 0 radical (unpaired) electrons. The van der Waals surface area contributed by atoms with Gasteiger partial charge in [0.05, 0.1) is 0 Å². The highest BCUT2D eigenvalue weighted by Crippen LogP contribution is 2.66. The molecule has 0 aromatic carbocycles. The Morgan fingerprint density at radius 1 is 1.00 bits per heavy atom. The van der Waals surface area contributed by atoms with E-state index in [1.807, 2.05) is 0 Å². The van der Waals surface area contributed by atoms with Crippen LogP contribution in [0.15, 0.2) is 23.3 Å².